The normalized spacial score (nSPS) is 44.8. The quantitative estimate of drug-likeness (QED) is 0.491. The highest BCUT2D eigenvalue weighted by Crippen LogP contribution is 2.79. The predicted molar refractivity (Wildman–Crippen MR) is 131 cm³/mol. The fraction of sp³-hybridized carbons (Fsp3) is 0.571. The average molecular weight is 527 g/mol. The van der Waals surface area contributed by atoms with Crippen LogP contribution in [0.2, 0.25) is 0 Å². The molecule has 6 nitrogen and oxygen atoms in total. The highest BCUT2D eigenvalue weighted by Gasteiger charge is 2.83. The molecular weight excluding hydrogens is 496 g/mol. The summed E-state index contributed by atoms with van der Waals surface area (Å²) in [6, 6.07) is 17.5. The number of rotatable bonds is 8. The van der Waals surface area contributed by atoms with Gasteiger partial charge >= 0.3 is 0 Å². The lowest BCUT2D eigenvalue weighted by Gasteiger charge is -2.28. The van der Waals surface area contributed by atoms with E-state index in [1.54, 1.807) is 48.5 Å². The van der Waals surface area contributed by atoms with E-state index in [-0.39, 0.29) is 35.9 Å². The van der Waals surface area contributed by atoms with Gasteiger partial charge in [0.05, 0.1) is 45.7 Å². The van der Waals surface area contributed by atoms with E-state index in [0.29, 0.717) is 70.0 Å². The van der Waals surface area contributed by atoms with Crippen molar-refractivity contribution in [3.63, 3.8) is 0 Å². The topological polar surface area (TPSA) is 93.3 Å². The molecule has 6 fully saturated rings. The zero-order valence-corrected chi connectivity index (χ0v) is 21.4. The highest BCUT2D eigenvalue weighted by atomic mass is 32.2. The predicted octanol–water partition coefficient (Wildman–Crippen LogP) is 3.23. The largest absolute Gasteiger partial charge is 0.369 e. The van der Waals surface area contributed by atoms with Crippen LogP contribution in [0.1, 0.15) is 12.8 Å². The van der Waals surface area contributed by atoms with Crippen LogP contribution in [0.15, 0.2) is 70.5 Å². The van der Waals surface area contributed by atoms with Gasteiger partial charge in [0.2, 0.25) is 0 Å². The first kappa shape index (κ1) is 22.3. The number of hydrogen-bond acceptors (Lipinski definition) is 6. The van der Waals surface area contributed by atoms with Crippen molar-refractivity contribution in [2.24, 2.45) is 47.3 Å². The molecule has 2 aliphatic heterocycles. The van der Waals surface area contributed by atoms with Gasteiger partial charge in [-0.25, -0.2) is 16.8 Å². The van der Waals surface area contributed by atoms with Crippen molar-refractivity contribution < 1.29 is 26.3 Å². The second-order valence-electron chi connectivity index (χ2n) is 11.8. The SMILES string of the molecule is O=S(=O)(CCC1[C@@H]2C3C4[C@@H](C(CCS(=O)(=O)c5ccccc5)[C@@H]3[C@@H]3O[C@H]23)[C@@H]2O[C@H]2[C@@H]14)c1ccccc1. The van der Waals surface area contributed by atoms with Gasteiger partial charge in [-0.05, 0) is 84.5 Å². The van der Waals surface area contributed by atoms with E-state index < -0.39 is 19.7 Å². The molecule has 2 aromatic carbocycles. The number of fused-ring (bicyclic) bond motifs is 6. The molecule has 6 aliphatic rings. The van der Waals surface area contributed by atoms with E-state index in [0.717, 1.165) is 0 Å². The van der Waals surface area contributed by atoms with Gasteiger partial charge in [0.25, 0.3) is 0 Å². The van der Waals surface area contributed by atoms with Crippen molar-refractivity contribution in [1.29, 1.82) is 0 Å². The van der Waals surface area contributed by atoms with Crippen LogP contribution in [0.25, 0.3) is 0 Å². The highest BCUT2D eigenvalue weighted by molar-refractivity contribution is 7.91. The van der Waals surface area contributed by atoms with E-state index in [2.05, 4.69) is 0 Å². The molecule has 0 spiro atoms. The molecule has 0 bridgehead atoms. The minimum atomic E-state index is -3.33. The molecule has 8 rings (SSSR count). The van der Waals surface area contributed by atoms with Gasteiger partial charge in [-0.3, -0.25) is 0 Å². The van der Waals surface area contributed by atoms with Gasteiger partial charge in [-0.2, -0.15) is 0 Å². The summed E-state index contributed by atoms with van der Waals surface area (Å²) in [6.45, 7) is 0. The summed E-state index contributed by atoms with van der Waals surface area (Å²) in [5, 5.41) is 0. The van der Waals surface area contributed by atoms with Crippen molar-refractivity contribution in [3.05, 3.63) is 60.7 Å². The molecule has 2 heterocycles. The summed E-state index contributed by atoms with van der Waals surface area (Å²) in [5.74, 6) is 3.60. The van der Waals surface area contributed by atoms with Crippen LogP contribution in [0.4, 0.5) is 0 Å². The zero-order chi connectivity index (χ0) is 24.4. The molecule has 0 radical (unpaired) electrons. The van der Waals surface area contributed by atoms with Crippen LogP contribution in [-0.4, -0.2) is 52.8 Å². The van der Waals surface area contributed by atoms with Crippen molar-refractivity contribution in [3.8, 4) is 0 Å². The Hall–Kier alpha value is -1.74. The van der Waals surface area contributed by atoms with Gasteiger partial charge in [0.1, 0.15) is 0 Å². The standard InChI is InChI=1S/C28H30O6S2/c29-35(30,15-7-3-1-4-8-15)13-11-17-19-23-21(27-25(19)33-27)18(22-24(23)20(17)26-28(22)34-26)12-14-36(31,32)16-9-5-2-6-10-16/h1-10,17-28H,11-14H2/t17?,18?,19-,20+,21+,22-,23?,24?,25-,26-,27+,28-/m0/s1. The number of ether oxygens (including phenoxy) is 2. The number of epoxide rings is 2. The van der Waals surface area contributed by atoms with E-state index >= 15 is 0 Å². The molecular formula is C28H30O6S2. The first-order chi connectivity index (χ1) is 17.4. The molecule has 4 unspecified atom stereocenters. The Morgan fingerprint density at radius 3 is 1.17 bits per heavy atom. The molecule has 8 heteroatoms. The van der Waals surface area contributed by atoms with Gasteiger partial charge < -0.3 is 9.47 Å². The van der Waals surface area contributed by atoms with Crippen LogP contribution in [0.5, 0.6) is 0 Å². The third-order valence-electron chi connectivity index (χ3n) is 10.5. The molecule has 190 valence electrons. The second-order valence-corrected chi connectivity index (χ2v) is 16.0. The minimum Gasteiger partial charge on any atom is -0.369 e. The Balaban J connectivity index is 1.04. The zero-order valence-electron chi connectivity index (χ0n) is 19.8. The van der Waals surface area contributed by atoms with Crippen molar-refractivity contribution in [1.82, 2.24) is 0 Å². The maximum atomic E-state index is 13.1. The summed E-state index contributed by atoms with van der Waals surface area (Å²) < 4.78 is 64.7. The third kappa shape index (κ3) is 3.01. The molecule has 2 aromatic rings. The Labute approximate surface area is 212 Å². The van der Waals surface area contributed by atoms with E-state index in [1.165, 1.54) is 0 Å². The number of benzene rings is 2. The van der Waals surface area contributed by atoms with Crippen molar-refractivity contribution in [2.75, 3.05) is 11.5 Å². The molecule has 12 atom stereocenters. The van der Waals surface area contributed by atoms with Crippen LogP contribution in [0.3, 0.4) is 0 Å². The summed E-state index contributed by atoms with van der Waals surface area (Å²) in [5.41, 5.74) is 0. The lowest BCUT2D eigenvalue weighted by atomic mass is 9.81. The number of hydrogen-bond donors (Lipinski definition) is 0. The molecule has 4 aliphatic carbocycles. The Kier molecular flexibility index (Phi) is 4.59. The van der Waals surface area contributed by atoms with Crippen LogP contribution in [0, 0.1) is 47.3 Å². The van der Waals surface area contributed by atoms with E-state index in [4.69, 9.17) is 9.47 Å². The molecule has 0 aromatic heterocycles. The summed E-state index contributed by atoms with van der Waals surface area (Å²) >= 11 is 0. The van der Waals surface area contributed by atoms with Crippen LogP contribution < -0.4 is 0 Å². The lowest BCUT2D eigenvalue weighted by molar-refractivity contribution is 0.106. The number of sulfone groups is 2. The minimum absolute atomic E-state index is 0.164. The van der Waals surface area contributed by atoms with E-state index in [9.17, 15) is 16.8 Å². The maximum absolute atomic E-state index is 13.1. The summed E-state index contributed by atoms with van der Waals surface area (Å²) in [6.07, 6.45) is 2.21. The molecule has 36 heavy (non-hydrogen) atoms. The molecule has 0 amide bonds. The molecule has 0 N–H and O–H groups in total. The van der Waals surface area contributed by atoms with Gasteiger partial charge in [-0.1, -0.05) is 36.4 Å². The fourth-order valence-electron chi connectivity index (χ4n) is 9.40. The monoisotopic (exact) mass is 526 g/mol. The van der Waals surface area contributed by atoms with E-state index in [1.807, 2.05) is 12.1 Å². The summed E-state index contributed by atoms with van der Waals surface area (Å²) in [4.78, 5) is 0.801. The van der Waals surface area contributed by atoms with Gasteiger partial charge in [-0.15, -0.1) is 0 Å². The van der Waals surface area contributed by atoms with Crippen molar-refractivity contribution in [2.45, 2.75) is 47.0 Å². The average Bonchev–Trinajstić information content (AvgIpc) is 3.71. The van der Waals surface area contributed by atoms with Crippen LogP contribution >= 0.6 is 0 Å². The summed E-state index contributed by atoms with van der Waals surface area (Å²) in [7, 11) is -6.65. The Morgan fingerprint density at radius 1 is 0.500 bits per heavy atom. The molecule has 4 saturated carbocycles. The fourth-order valence-corrected chi connectivity index (χ4v) is 12.2. The first-order valence-electron chi connectivity index (χ1n) is 13.2. The van der Waals surface area contributed by atoms with Crippen LogP contribution in [-0.2, 0) is 29.1 Å². The lowest BCUT2D eigenvalue weighted by Crippen LogP contribution is -2.28. The first-order valence-corrected chi connectivity index (χ1v) is 16.5. The Bertz CT molecular complexity index is 1270. The van der Waals surface area contributed by atoms with Gasteiger partial charge in [0, 0.05) is 0 Å². The third-order valence-corrected chi connectivity index (χ3v) is 14.0. The maximum Gasteiger partial charge on any atom is 0.178 e. The van der Waals surface area contributed by atoms with Gasteiger partial charge in [0.15, 0.2) is 19.7 Å². The Morgan fingerprint density at radius 2 is 0.833 bits per heavy atom. The molecule has 2 saturated heterocycles. The second kappa shape index (κ2) is 7.43. The smallest absolute Gasteiger partial charge is 0.178 e. The van der Waals surface area contributed by atoms with Crippen molar-refractivity contribution >= 4 is 19.7 Å².